The molecule has 3 aromatic rings. The summed E-state index contributed by atoms with van der Waals surface area (Å²) in [6, 6.07) is 11.8. The largest absolute Gasteiger partial charge is 0.444 e. The predicted octanol–water partition coefficient (Wildman–Crippen LogP) is 3.18. The van der Waals surface area contributed by atoms with Crippen molar-refractivity contribution in [2.45, 2.75) is 39.8 Å². The minimum absolute atomic E-state index is 0.102. The van der Waals surface area contributed by atoms with Crippen LogP contribution >= 0.6 is 0 Å². The van der Waals surface area contributed by atoms with E-state index in [-0.39, 0.29) is 36.5 Å². The number of nitrogens with zero attached hydrogens (tertiary/aromatic N) is 4. The third-order valence-corrected chi connectivity index (χ3v) is 7.69. The number of hydrogen-bond donors (Lipinski definition) is 3. The average molecular weight is 630 g/mol. The number of aromatic nitrogens is 2. The van der Waals surface area contributed by atoms with Crippen LogP contribution in [-0.2, 0) is 31.0 Å². The molecule has 0 spiro atoms. The molecule has 1 heterocycles. The molecule has 44 heavy (non-hydrogen) atoms. The van der Waals surface area contributed by atoms with E-state index >= 15 is 0 Å². The van der Waals surface area contributed by atoms with Gasteiger partial charge in [0.05, 0.1) is 67.1 Å². The van der Waals surface area contributed by atoms with E-state index in [1.165, 1.54) is 24.0 Å². The Hall–Kier alpha value is -4.23. The van der Waals surface area contributed by atoms with E-state index < -0.39 is 21.9 Å². The minimum atomic E-state index is -3.83. The number of benzene rings is 2. The Kier molecular flexibility index (Phi) is 12.1. The van der Waals surface area contributed by atoms with Crippen LogP contribution in [0.1, 0.15) is 33.3 Å². The van der Waals surface area contributed by atoms with Crippen molar-refractivity contribution < 1.29 is 27.4 Å². The molecule has 3 rings (SSSR count). The topological polar surface area (TPSA) is 177 Å². The van der Waals surface area contributed by atoms with Crippen molar-refractivity contribution in [3.05, 3.63) is 58.6 Å². The van der Waals surface area contributed by atoms with Crippen molar-refractivity contribution in [1.82, 2.24) is 19.2 Å². The van der Waals surface area contributed by atoms with Crippen molar-refractivity contribution in [3.8, 4) is 6.07 Å². The fourth-order valence-corrected chi connectivity index (χ4v) is 4.77. The summed E-state index contributed by atoms with van der Waals surface area (Å²) in [5.74, 6) is 0. The molecule has 0 aliphatic carbocycles. The number of amides is 1. The van der Waals surface area contributed by atoms with E-state index in [9.17, 15) is 23.3 Å². The molecule has 0 aliphatic rings. The van der Waals surface area contributed by atoms with Gasteiger partial charge in [0.1, 0.15) is 11.7 Å². The van der Waals surface area contributed by atoms with Crippen molar-refractivity contribution in [1.29, 1.82) is 5.26 Å². The zero-order valence-corrected chi connectivity index (χ0v) is 26.4. The number of hydrogen-bond acceptors (Lipinski definition) is 10. The van der Waals surface area contributed by atoms with Crippen LogP contribution in [0.4, 0.5) is 21.9 Å². The zero-order valence-electron chi connectivity index (χ0n) is 25.5. The Morgan fingerprint density at radius 2 is 1.80 bits per heavy atom. The van der Waals surface area contributed by atoms with E-state index in [0.29, 0.717) is 48.6 Å². The minimum Gasteiger partial charge on any atom is -0.444 e. The molecule has 1 amide bonds. The second-order valence-electron chi connectivity index (χ2n) is 10.6. The van der Waals surface area contributed by atoms with Gasteiger partial charge in [0.25, 0.3) is 5.56 Å². The molecule has 0 atom stereocenters. The van der Waals surface area contributed by atoms with Gasteiger partial charge in [-0.2, -0.15) is 18.0 Å². The lowest BCUT2D eigenvalue weighted by Gasteiger charge is -2.19. The fraction of sp³-hybridized carbons (Fsp3) is 0.448. The Bertz CT molecular complexity index is 1650. The first-order valence-electron chi connectivity index (χ1n) is 14.0. The van der Waals surface area contributed by atoms with Crippen LogP contribution < -0.4 is 20.9 Å². The second-order valence-corrected chi connectivity index (χ2v) is 12.4. The monoisotopic (exact) mass is 629 g/mol. The van der Waals surface area contributed by atoms with Crippen LogP contribution in [0.2, 0.25) is 0 Å². The summed E-state index contributed by atoms with van der Waals surface area (Å²) in [5, 5.41) is 15.9. The Morgan fingerprint density at radius 3 is 2.48 bits per heavy atom. The Labute approximate surface area is 257 Å². The molecule has 0 aliphatic heterocycles. The lowest BCUT2D eigenvalue weighted by Crippen LogP contribution is -2.34. The highest BCUT2D eigenvalue weighted by Gasteiger charge is 2.19. The van der Waals surface area contributed by atoms with E-state index in [1.54, 1.807) is 58.0 Å². The first-order chi connectivity index (χ1) is 20.8. The van der Waals surface area contributed by atoms with Gasteiger partial charge in [-0.15, -0.1) is 0 Å². The number of carbonyl (C=O) groups is 1. The van der Waals surface area contributed by atoms with Gasteiger partial charge in [0, 0.05) is 25.8 Å². The number of alkyl carbamates (subject to hydrolysis) is 1. The molecule has 238 valence electrons. The van der Waals surface area contributed by atoms with Crippen LogP contribution in [0.25, 0.3) is 10.9 Å². The van der Waals surface area contributed by atoms with E-state index in [4.69, 9.17) is 14.2 Å². The molecule has 0 unspecified atom stereocenters. The highest BCUT2D eigenvalue weighted by molar-refractivity contribution is 7.90. The van der Waals surface area contributed by atoms with Crippen molar-refractivity contribution >= 4 is 44.3 Å². The number of ether oxygens (including phenoxy) is 3. The average Bonchev–Trinajstić information content (AvgIpc) is 2.96. The molecule has 0 bridgehead atoms. The van der Waals surface area contributed by atoms with Crippen molar-refractivity contribution in [2.24, 2.45) is 0 Å². The zero-order chi connectivity index (χ0) is 32.3. The Balaban J connectivity index is 1.57. The molecule has 0 fully saturated rings. The number of carbonyl (C=O) groups excluding carboxylic acids is 1. The lowest BCUT2D eigenvalue weighted by molar-refractivity contribution is 0.0381. The van der Waals surface area contributed by atoms with Gasteiger partial charge < -0.3 is 24.8 Å². The van der Waals surface area contributed by atoms with Gasteiger partial charge in [-0.3, -0.25) is 14.1 Å². The summed E-state index contributed by atoms with van der Waals surface area (Å²) in [6.07, 6.45) is 0.952. The van der Waals surface area contributed by atoms with Crippen LogP contribution in [0, 0.1) is 11.3 Å². The van der Waals surface area contributed by atoms with E-state index in [2.05, 4.69) is 26.4 Å². The summed E-state index contributed by atoms with van der Waals surface area (Å²) in [5.41, 5.74) is 0.785. The summed E-state index contributed by atoms with van der Waals surface area (Å²) in [4.78, 5) is 29.1. The van der Waals surface area contributed by atoms with Crippen LogP contribution in [0.15, 0.2) is 47.5 Å². The summed E-state index contributed by atoms with van der Waals surface area (Å²) >= 11 is 0. The normalized spacial score (nSPS) is 11.8. The van der Waals surface area contributed by atoms with Gasteiger partial charge in [-0.05, 0) is 51.1 Å². The summed E-state index contributed by atoms with van der Waals surface area (Å²) in [7, 11) is -2.40. The highest BCUT2D eigenvalue weighted by atomic mass is 32.2. The molecule has 14 nitrogen and oxygen atoms in total. The molecule has 0 saturated heterocycles. The van der Waals surface area contributed by atoms with Crippen molar-refractivity contribution in [2.75, 3.05) is 56.6 Å². The second kappa shape index (κ2) is 15.5. The summed E-state index contributed by atoms with van der Waals surface area (Å²) < 4.78 is 46.2. The molecule has 3 N–H and O–H groups in total. The maximum Gasteiger partial charge on any atom is 0.407 e. The van der Waals surface area contributed by atoms with Gasteiger partial charge >= 0.3 is 16.3 Å². The number of anilines is 3. The first-order valence-corrected chi connectivity index (χ1v) is 15.4. The quantitative estimate of drug-likeness (QED) is 0.212. The molecule has 1 aromatic heterocycles. The third kappa shape index (κ3) is 9.91. The number of nitrogens with one attached hydrogen (secondary N) is 3. The fourth-order valence-electron chi connectivity index (χ4n) is 3.82. The van der Waals surface area contributed by atoms with E-state index in [0.717, 1.165) is 4.31 Å². The highest BCUT2D eigenvalue weighted by Crippen LogP contribution is 2.28. The lowest BCUT2D eigenvalue weighted by atomic mass is 10.1. The number of nitriles is 1. The molecule has 2 aromatic carbocycles. The van der Waals surface area contributed by atoms with Gasteiger partial charge in [0.15, 0.2) is 0 Å². The molecule has 0 radical (unpaired) electrons. The van der Waals surface area contributed by atoms with Crippen molar-refractivity contribution in [3.63, 3.8) is 0 Å². The molecular formula is C29H39N7O7S. The first kappa shape index (κ1) is 34.3. The van der Waals surface area contributed by atoms with E-state index in [1.807, 2.05) is 0 Å². The molecule has 0 saturated carbocycles. The van der Waals surface area contributed by atoms with Gasteiger partial charge in [-0.1, -0.05) is 13.0 Å². The maximum atomic E-state index is 13.2. The third-order valence-electron chi connectivity index (χ3n) is 6.14. The smallest absolute Gasteiger partial charge is 0.407 e. The molecular weight excluding hydrogens is 590 g/mol. The SMILES string of the molecule is CCN(C)S(=O)(=O)Nc1cccc(Nc2ccc3ncn(CCOCCOCCNC(=O)OC(C)(C)C)c(=O)c3c2)c1C#N. The van der Waals surface area contributed by atoms with Gasteiger partial charge in [0.2, 0.25) is 0 Å². The number of fused-ring (bicyclic) bond motifs is 1. The molecule has 15 heteroatoms. The van der Waals surface area contributed by atoms with Crippen LogP contribution in [0.5, 0.6) is 0 Å². The maximum absolute atomic E-state index is 13.2. The predicted molar refractivity (Wildman–Crippen MR) is 167 cm³/mol. The summed E-state index contributed by atoms with van der Waals surface area (Å²) in [6.45, 7) is 9.08. The number of rotatable bonds is 15. The van der Waals surface area contributed by atoms with Crippen LogP contribution in [-0.4, -0.2) is 80.5 Å². The van der Waals surface area contributed by atoms with Crippen LogP contribution in [0.3, 0.4) is 0 Å². The van der Waals surface area contributed by atoms with Gasteiger partial charge in [-0.25, -0.2) is 9.78 Å². The standard InChI is InChI=1S/C29H39N7O7S/c1-6-35(5)44(39,40)34-26-9-7-8-25(23(26)19-30)33-21-10-11-24-22(18-21)27(37)36(20-32-24)13-15-42-17-16-41-14-12-31-28(38)43-29(2,3)4/h7-11,18,20,33-34H,6,12-17H2,1-5H3,(H,31,38). The Morgan fingerprint density at radius 1 is 1.09 bits per heavy atom.